The van der Waals surface area contributed by atoms with Crippen LogP contribution >= 0.6 is 0 Å². The van der Waals surface area contributed by atoms with Gasteiger partial charge in [0, 0.05) is 33.7 Å². The van der Waals surface area contributed by atoms with Crippen LogP contribution in [-0.2, 0) is 4.79 Å². The van der Waals surface area contributed by atoms with E-state index in [9.17, 15) is 4.79 Å². The first-order valence-corrected chi connectivity index (χ1v) is 1.26. The number of aliphatic carboxylic acids is 1. The molecule has 0 heterocycles. The number of aliphatic hydroxyl groups excluding tert-OH is 1. The molecule has 0 amide bonds. The van der Waals surface area contributed by atoms with Gasteiger partial charge in [-0.25, -0.2) is 4.79 Å². The second kappa shape index (κ2) is 4.59. The number of carboxylic acids is 1. The molecule has 0 bridgehead atoms. The van der Waals surface area contributed by atoms with Crippen LogP contribution in [0, 0.1) is 0 Å². The number of hydrogen-bond acceptors (Lipinski definition) is 2. The van der Waals surface area contributed by atoms with Gasteiger partial charge in [0.15, 0.2) is 0 Å². The molecular weight excluding hydrogens is 107 g/mol. The summed E-state index contributed by atoms with van der Waals surface area (Å²) in [6, 6.07) is 0. The van der Waals surface area contributed by atoms with Gasteiger partial charge in [-0.15, -0.1) is 0 Å². The topological polar surface area (TPSA) is 57.5 Å². The molecule has 0 fully saturated rings. The van der Waals surface area contributed by atoms with Crippen LogP contribution in [0.15, 0.2) is 0 Å². The number of carbonyl (C=O) groups is 1. The zero-order valence-corrected chi connectivity index (χ0v) is 5.88. The molecule has 0 saturated carbocycles. The zero-order chi connectivity index (χ0) is 7.65. The Morgan fingerprint density at radius 3 is 2.43 bits per heavy atom. The summed E-state index contributed by atoms with van der Waals surface area (Å²) in [5.41, 5.74) is 0. The number of carboxylic acid groups (broad SMARTS) is 1. The van der Waals surface area contributed by atoms with Crippen molar-refractivity contribution in [2.75, 3.05) is 0 Å². The van der Waals surface area contributed by atoms with Crippen molar-refractivity contribution >= 4 is 35.5 Å². The van der Waals surface area contributed by atoms with E-state index in [2.05, 4.69) is 0 Å². The summed E-state index contributed by atoms with van der Waals surface area (Å²) in [4.78, 5) is 9.74. The summed E-state index contributed by atoms with van der Waals surface area (Å²) in [5, 5.41) is 16.2. The molecule has 4 heteroatoms. The SMILES string of the molecule is [2H]C([2H])([2H])[C@H](O)C(=O)O.[Na]. The molecule has 3 nitrogen and oxygen atoms in total. The summed E-state index contributed by atoms with van der Waals surface area (Å²) >= 11 is 0. The minimum absolute atomic E-state index is 0. The molecule has 0 aromatic carbocycles. The third kappa shape index (κ3) is 6.43. The van der Waals surface area contributed by atoms with Gasteiger partial charge in [0.2, 0.25) is 0 Å². The third-order valence-corrected chi connectivity index (χ3v) is 0.234. The Kier molecular flexibility index (Phi) is 2.83. The van der Waals surface area contributed by atoms with Gasteiger partial charge in [0.25, 0.3) is 0 Å². The quantitative estimate of drug-likeness (QED) is 0.435. The van der Waals surface area contributed by atoms with Gasteiger partial charge in [0.1, 0.15) is 6.10 Å². The Morgan fingerprint density at radius 2 is 2.43 bits per heavy atom. The van der Waals surface area contributed by atoms with Gasteiger partial charge < -0.3 is 10.2 Å². The summed E-state index contributed by atoms with van der Waals surface area (Å²) in [6.07, 6.45) is -2.27. The fourth-order valence-electron chi connectivity index (χ4n) is 0. The first kappa shape index (κ1) is 4.32. The van der Waals surface area contributed by atoms with Crippen molar-refractivity contribution in [2.24, 2.45) is 0 Å². The third-order valence-electron chi connectivity index (χ3n) is 0.234. The van der Waals surface area contributed by atoms with Gasteiger partial charge in [-0.05, 0) is 6.85 Å². The molecule has 1 radical (unpaired) electrons. The van der Waals surface area contributed by atoms with Crippen molar-refractivity contribution < 1.29 is 19.1 Å². The molecular formula is C3H6NaO3. The minimum Gasteiger partial charge on any atom is -0.479 e. The average Bonchev–Trinajstić information content (AvgIpc) is 1.62. The van der Waals surface area contributed by atoms with Crippen molar-refractivity contribution in [1.82, 2.24) is 0 Å². The monoisotopic (exact) mass is 116 g/mol. The molecule has 0 aromatic heterocycles. The van der Waals surface area contributed by atoms with Crippen LogP contribution < -0.4 is 0 Å². The van der Waals surface area contributed by atoms with E-state index in [4.69, 9.17) is 14.3 Å². The molecule has 37 valence electrons. The van der Waals surface area contributed by atoms with Crippen LogP contribution in [0.25, 0.3) is 0 Å². The van der Waals surface area contributed by atoms with Crippen molar-refractivity contribution in [1.29, 1.82) is 0 Å². The maximum Gasteiger partial charge on any atom is 0.332 e. The molecule has 0 saturated heterocycles. The van der Waals surface area contributed by atoms with E-state index >= 15 is 0 Å². The molecule has 1 atom stereocenters. The Bertz CT molecular complexity index is 123. The molecule has 0 unspecified atom stereocenters. The summed E-state index contributed by atoms with van der Waals surface area (Å²) in [6.45, 7) is -2.81. The normalized spacial score (nSPS) is 19.9. The van der Waals surface area contributed by atoms with E-state index < -0.39 is 18.9 Å². The largest absolute Gasteiger partial charge is 0.479 e. The van der Waals surface area contributed by atoms with E-state index in [0.717, 1.165) is 0 Å². The molecule has 0 aromatic rings. The average molecular weight is 116 g/mol. The van der Waals surface area contributed by atoms with E-state index in [1.165, 1.54) is 0 Å². The van der Waals surface area contributed by atoms with Crippen molar-refractivity contribution in [2.45, 2.75) is 13.0 Å². The van der Waals surface area contributed by atoms with Gasteiger partial charge in [-0.3, -0.25) is 0 Å². The Balaban J connectivity index is 0. The van der Waals surface area contributed by atoms with Crippen LogP contribution in [0.5, 0.6) is 0 Å². The van der Waals surface area contributed by atoms with Gasteiger partial charge in [-0.2, -0.15) is 0 Å². The number of aliphatic hydroxyl groups is 1. The molecule has 0 aliphatic rings. The molecule has 0 rings (SSSR count). The maximum atomic E-state index is 9.74. The first-order valence-electron chi connectivity index (χ1n) is 2.76. The molecule has 0 spiro atoms. The van der Waals surface area contributed by atoms with Crippen LogP contribution in [0.2, 0.25) is 0 Å². The fraction of sp³-hybridized carbons (Fsp3) is 0.667. The fourth-order valence-corrected chi connectivity index (χ4v) is 0. The van der Waals surface area contributed by atoms with Crippen LogP contribution in [-0.4, -0.2) is 51.8 Å². The summed E-state index contributed by atoms with van der Waals surface area (Å²) < 4.78 is 19.1. The van der Waals surface area contributed by atoms with Gasteiger partial charge >= 0.3 is 5.97 Å². The van der Waals surface area contributed by atoms with Crippen LogP contribution in [0.4, 0.5) is 0 Å². The zero-order valence-electron chi connectivity index (χ0n) is 6.88. The van der Waals surface area contributed by atoms with Crippen molar-refractivity contribution in [3.8, 4) is 0 Å². The Labute approximate surface area is 67.8 Å². The van der Waals surface area contributed by atoms with Crippen molar-refractivity contribution in [3.63, 3.8) is 0 Å². The summed E-state index contributed by atoms with van der Waals surface area (Å²) in [7, 11) is 0. The smallest absolute Gasteiger partial charge is 0.332 e. The van der Waals surface area contributed by atoms with Crippen LogP contribution in [0.3, 0.4) is 0 Å². The maximum absolute atomic E-state index is 9.74. The second-order valence-electron chi connectivity index (χ2n) is 0.741. The molecule has 2 N–H and O–H groups in total. The second-order valence-corrected chi connectivity index (χ2v) is 0.741. The Morgan fingerprint density at radius 1 is 2.00 bits per heavy atom. The number of hydrogen-bond donors (Lipinski definition) is 2. The van der Waals surface area contributed by atoms with Gasteiger partial charge in [0.05, 0.1) is 0 Å². The predicted molar refractivity (Wildman–Crippen MR) is 25.1 cm³/mol. The minimum atomic E-state index is -2.81. The van der Waals surface area contributed by atoms with Crippen LogP contribution in [0.1, 0.15) is 11.0 Å². The van der Waals surface area contributed by atoms with E-state index in [0.29, 0.717) is 0 Å². The van der Waals surface area contributed by atoms with E-state index in [1.54, 1.807) is 0 Å². The van der Waals surface area contributed by atoms with Gasteiger partial charge in [-0.1, -0.05) is 0 Å². The Hall–Kier alpha value is 0.430. The number of rotatable bonds is 1. The predicted octanol–water partition coefficient (Wildman–Crippen LogP) is -0.929. The molecule has 0 aliphatic heterocycles. The standard InChI is InChI=1S/C3H6O3.Na/c1-2(4)3(5)6;/h2,4H,1H3,(H,5,6);/t2-;/m0./s1/i1D3;. The first-order chi connectivity index (χ1) is 3.85. The molecule has 0 aliphatic carbocycles. The summed E-state index contributed by atoms with van der Waals surface area (Å²) in [5.74, 6) is -1.73. The van der Waals surface area contributed by atoms with Crippen molar-refractivity contribution in [3.05, 3.63) is 0 Å². The molecule has 7 heavy (non-hydrogen) atoms. The van der Waals surface area contributed by atoms with E-state index in [1.807, 2.05) is 0 Å². The van der Waals surface area contributed by atoms with E-state index in [-0.39, 0.29) is 29.6 Å².